The number of aromatic nitrogens is 2. The van der Waals surface area contributed by atoms with Crippen LogP contribution in [0, 0.1) is 10.1 Å². The van der Waals surface area contributed by atoms with E-state index < -0.39 is 24.7 Å². The summed E-state index contributed by atoms with van der Waals surface area (Å²) in [5.74, 6) is 0. The smallest absolute Gasteiger partial charge is 0.325 e. The maximum Gasteiger partial charge on any atom is 0.325 e. The van der Waals surface area contributed by atoms with Gasteiger partial charge in [0.15, 0.2) is 5.52 Å². The predicted octanol–water partition coefficient (Wildman–Crippen LogP) is 3.09. The van der Waals surface area contributed by atoms with Crippen molar-refractivity contribution in [2.75, 3.05) is 18.0 Å². The minimum Gasteiger partial charge on any atom is -0.387 e. The molecule has 0 bridgehead atoms. The molecule has 12 nitrogen and oxygen atoms in total. The van der Waals surface area contributed by atoms with E-state index in [1.54, 1.807) is 12.1 Å². The van der Waals surface area contributed by atoms with Crippen LogP contribution in [0.2, 0.25) is 0 Å². The molecule has 33 heavy (non-hydrogen) atoms. The molecule has 1 heterocycles. The Kier molecular flexibility index (Phi) is 10.9. The average molecular weight is 485 g/mol. The van der Waals surface area contributed by atoms with E-state index in [-0.39, 0.29) is 23.8 Å². The molecule has 1 aromatic carbocycles. The van der Waals surface area contributed by atoms with Crippen molar-refractivity contribution >= 4 is 30.0 Å². The SMILES string of the molecule is N[C@@H](CCP(=O)(O)O)[C@H](O)/C=C/CCCCCCCCNc1ccc([N+](=O)[O-])c2nonc12. The van der Waals surface area contributed by atoms with Crippen LogP contribution in [0.15, 0.2) is 28.9 Å². The summed E-state index contributed by atoms with van der Waals surface area (Å²) in [6.07, 6.45) is 9.30. The molecular weight excluding hydrogens is 453 g/mol. The number of nitrogens with one attached hydrogen (secondary N) is 1. The second-order valence-corrected chi connectivity index (χ2v) is 9.72. The highest BCUT2D eigenvalue weighted by Gasteiger charge is 2.20. The number of nitrogens with two attached hydrogens (primary N) is 1. The highest BCUT2D eigenvalue weighted by molar-refractivity contribution is 7.51. The third kappa shape index (κ3) is 9.56. The van der Waals surface area contributed by atoms with Crippen LogP contribution in [0.1, 0.15) is 51.4 Å². The highest BCUT2D eigenvalue weighted by Crippen LogP contribution is 2.35. The molecule has 0 radical (unpaired) electrons. The van der Waals surface area contributed by atoms with E-state index in [2.05, 4.69) is 20.3 Å². The lowest BCUT2D eigenvalue weighted by atomic mass is 10.1. The molecular formula is C20H32N5O7P. The summed E-state index contributed by atoms with van der Waals surface area (Å²) >= 11 is 0. The van der Waals surface area contributed by atoms with Gasteiger partial charge in [0, 0.05) is 18.7 Å². The van der Waals surface area contributed by atoms with Crippen molar-refractivity contribution in [1.29, 1.82) is 0 Å². The Labute approximate surface area is 191 Å². The molecule has 0 unspecified atom stereocenters. The summed E-state index contributed by atoms with van der Waals surface area (Å²) in [5, 5.41) is 31.5. The molecule has 0 aliphatic heterocycles. The van der Waals surface area contributed by atoms with Crippen molar-refractivity contribution in [1.82, 2.24) is 10.3 Å². The first-order valence-electron chi connectivity index (χ1n) is 11.0. The van der Waals surface area contributed by atoms with Crippen LogP contribution in [0.25, 0.3) is 11.0 Å². The molecule has 0 fully saturated rings. The van der Waals surface area contributed by atoms with Gasteiger partial charge in [-0.05, 0) is 42.1 Å². The Balaban J connectivity index is 1.53. The van der Waals surface area contributed by atoms with Crippen LogP contribution in [0.3, 0.4) is 0 Å². The normalized spacial score (nSPS) is 14.1. The molecule has 0 aliphatic carbocycles. The molecule has 6 N–H and O–H groups in total. The number of hydrogen-bond acceptors (Lipinski definition) is 9. The van der Waals surface area contributed by atoms with Gasteiger partial charge in [0.2, 0.25) is 5.52 Å². The maximum atomic E-state index is 11.0. The number of nitrogens with zero attached hydrogens (tertiary/aromatic N) is 3. The van der Waals surface area contributed by atoms with E-state index in [1.807, 2.05) is 6.08 Å². The number of aliphatic hydroxyl groups excluding tert-OH is 1. The third-order valence-corrected chi connectivity index (χ3v) is 6.07. The number of unbranched alkanes of at least 4 members (excludes halogenated alkanes) is 6. The minimum atomic E-state index is -4.09. The number of benzene rings is 1. The Morgan fingerprint density at radius 1 is 1.15 bits per heavy atom. The first-order valence-corrected chi connectivity index (χ1v) is 12.8. The summed E-state index contributed by atoms with van der Waals surface area (Å²) in [5.41, 5.74) is 6.74. The molecule has 0 saturated carbocycles. The lowest BCUT2D eigenvalue weighted by molar-refractivity contribution is -0.383. The second kappa shape index (κ2) is 13.4. The fourth-order valence-electron chi connectivity index (χ4n) is 3.33. The van der Waals surface area contributed by atoms with E-state index in [0.717, 1.165) is 44.9 Å². The van der Waals surface area contributed by atoms with Gasteiger partial charge < -0.3 is 25.9 Å². The number of anilines is 1. The Hall–Kier alpha value is -2.37. The molecule has 0 amide bonds. The lowest BCUT2D eigenvalue weighted by Crippen LogP contribution is -2.34. The van der Waals surface area contributed by atoms with Gasteiger partial charge in [0.05, 0.1) is 22.9 Å². The zero-order valence-corrected chi connectivity index (χ0v) is 19.3. The van der Waals surface area contributed by atoms with Gasteiger partial charge in [-0.3, -0.25) is 14.7 Å². The zero-order chi connectivity index (χ0) is 24.3. The number of aliphatic hydroxyl groups is 1. The molecule has 2 aromatic rings. The quantitative estimate of drug-likeness (QED) is 0.0769. The average Bonchev–Trinajstić information content (AvgIpc) is 3.25. The van der Waals surface area contributed by atoms with E-state index in [4.69, 9.17) is 15.5 Å². The molecule has 0 spiro atoms. The molecule has 2 atom stereocenters. The van der Waals surface area contributed by atoms with Crippen LogP contribution < -0.4 is 11.1 Å². The van der Waals surface area contributed by atoms with Crippen LogP contribution in [-0.2, 0) is 4.57 Å². The van der Waals surface area contributed by atoms with Crippen LogP contribution >= 0.6 is 7.60 Å². The number of nitro groups is 1. The Morgan fingerprint density at radius 3 is 2.52 bits per heavy atom. The molecule has 2 rings (SSSR count). The van der Waals surface area contributed by atoms with Gasteiger partial charge in [-0.15, -0.1) is 0 Å². The van der Waals surface area contributed by atoms with Crippen molar-refractivity contribution in [2.24, 2.45) is 5.73 Å². The van der Waals surface area contributed by atoms with Crippen LogP contribution in [-0.4, -0.2) is 55.0 Å². The molecule has 0 aliphatic rings. The molecule has 13 heteroatoms. The van der Waals surface area contributed by atoms with Crippen molar-refractivity contribution < 1.29 is 29.0 Å². The summed E-state index contributed by atoms with van der Waals surface area (Å²) < 4.78 is 15.5. The standard InChI is InChI=1S/C20H32N5O7P/c21-15(12-14-33(29,30)31)18(26)9-7-5-3-1-2-4-6-8-13-22-16-10-11-17(25(27)28)20-19(16)23-32-24-20/h7,9-11,15,18,22,26H,1-6,8,12-14,21H2,(H2,29,30,31)/b9-7+/t15-,18+/m0/s1. The number of rotatable bonds is 16. The van der Waals surface area contributed by atoms with Crippen molar-refractivity contribution in [3.05, 3.63) is 34.4 Å². The Morgan fingerprint density at radius 2 is 1.82 bits per heavy atom. The molecule has 1 aromatic heterocycles. The Bertz CT molecular complexity index is 961. The van der Waals surface area contributed by atoms with Crippen molar-refractivity contribution in [3.63, 3.8) is 0 Å². The second-order valence-electron chi connectivity index (χ2n) is 7.95. The molecule has 0 saturated heterocycles. The fourth-order valence-corrected chi connectivity index (χ4v) is 3.96. The van der Waals surface area contributed by atoms with Gasteiger partial charge in [0.25, 0.3) is 0 Å². The summed E-state index contributed by atoms with van der Waals surface area (Å²) in [4.78, 5) is 28.2. The van der Waals surface area contributed by atoms with Gasteiger partial charge in [-0.1, -0.05) is 37.8 Å². The van der Waals surface area contributed by atoms with Gasteiger partial charge in [0.1, 0.15) is 0 Å². The largest absolute Gasteiger partial charge is 0.387 e. The van der Waals surface area contributed by atoms with E-state index >= 15 is 0 Å². The zero-order valence-electron chi connectivity index (χ0n) is 18.4. The summed E-state index contributed by atoms with van der Waals surface area (Å²) in [7, 11) is -4.09. The number of hydrogen-bond donors (Lipinski definition) is 5. The van der Waals surface area contributed by atoms with Crippen molar-refractivity contribution in [2.45, 2.75) is 63.5 Å². The van der Waals surface area contributed by atoms with Gasteiger partial charge in [-0.25, -0.2) is 4.63 Å². The van der Waals surface area contributed by atoms with Crippen LogP contribution in [0.5, 0.6) is 0 Å². The number of fused-ring (bicyclic) bond motifs is 1. The van der Waals surface area contributed by atoms with Crippen LogP contribution in [0.4, 0.5) is 11.4 Å². The van der Waals surface area contributed by atoms with Crippen molar-refractivity contribution in [3.8, 4) is 0 Å². The monoisotopic (exact) mass is 485 g/mol. The minimum absolute atomic E-state index is 0.0647. The fraction of sp³-hybridized carbons (Fsp3) is 0.600. The van der Waals surface area contributed by atoms with Gasteiger partial charge >= 0.3 is 13.3 Å². The summed E-state index contributed by atoms with van der Waals surface area (Å²) in [6.45, 7) is 0.711. The predicted molar refractivity (Wildman–Crippen MR) is 124 cm³/mol. The van der Waals surface area contributed by atoms with Gasteiger partial charge in [-0.2, -0.15) is 0 Å². The van der Waals surface area contributed by atoms with E-state index in [1.165, 1.54) is 6.07 Å². The first kappa shape index (κ1) is 26.9. The van der Waals surface area contributed by atoms with E-state index in [9.17, 15) is 19.8 Å². The van der Waals surface area contributed by atoms with E-state index in [0.29, 0.717) is 17.7 Å². The lowest BCUT2D eigenvalue weighted by Gasteiger charge is -2.15. The number of allylic oxidation sites excluding steroid dienone is 1. The number of non-ortho nitro benzene ring substituents is 1. The first-order chi connectivity index (χ1) is 15.7. The molecule has 184 valence electrons. The highest BCUT2D eigenvalue weighted by atomic mass is 31.2. The summed E-state index contributed by atoms with van der Waals surface area (Å²) in [6, 6.07) is 2.31. The maximum absolute atomic E-state index is 11.0. The third-order valence-electron chi connectivity index (χ3n) is 5.23. The topological polar surface area (TPSA) is 198 Å². The number of nitro benzene ring substituents is 1.